The van der Waals surface area contributed by atoms with E-state index >= 15 is 0 Å². The lowest BCUT2D eigenvalue weighted by molar-refractivity contribution is -0.144. The molecule has 0 aliphatic rings. The molecule has 0 aliphatic heterocycles. The molecule has 1 amide bonds. The molecule has 3 N–H and O–H groups in total. The van der Waals surface area contributed by atoms with E-state index < -0.39 is 12.0 Å². The van der Waals surface area contributed by atoms with Crippen molar-refractivity contribution in [2.75, 3.05) is 19.5 Å². The van der Waals surface area contributed by atoms with Gasteiger partial charge in [-0.25, -0.2) is 4.79 Å². The van der Waals surface area contributed by atoms with E-state index in [-0.39, 0.29) is 18.9 Å². The second-order valence-electron chi connectivity index (χ2n) is 3.98. The highest BCUT2D eigenvalue weighted by atomic mass is 16.5. The van der Waals surface area contributed by atoms with Crippen LogP contribution in [0, 0.1) is 0 Å². The van der Waals surface area contributed by atoms with Crippen LogP contribution in [0.5, 0.6) is 5.75 Å². The third-order valence-corrected chi connectivity index (χ3v) is 2.39. The Bertz CT molecular complexity index is 448. The molecule has 0 saturated carbocycles. The van der Waals surface area contributed by atoms with Crippen molar-refractivity contribution in [1.82, 2.24) is 5.32 Å². The van der Waals surface area contributed by atoms with Crippen molar-refractivity contribution in [2.24, 2.45) is 0 Å². The van der Waals surface area contributed by atoms with Crippen LogP contribution in [-0.4, -0.2) is 31.6 Å². The van der Waals surface area contributed by atoms with E-state index in [1.54, 1.807) is 31.2 Å². The number of hydrogen-bond donors (Lipinski definition) is 2. The molecule has 0 heterocycles. The Balaban J connectivity index is 2.29. The van der Waals surface area contributed by atoms with E-state index in [9.17, 15) is 9.59 Å². The smallest absolute Gasteiger partial charge is 0.328 e. The Morgan fingerprint density at radius 3 is 2.79 bits per heavy atom. The zero-order chi connectivity index (χ0) is 14.3. The molecular formula is C13H18N2O4. The van der Waals surface area contributed by atoms with E-state index in [2.05, 4.69) is 10.1 Å². The molecule has 0 spiro atoms. The van der Waals surface area contributed by atoms with Crippen molar-refractivity contribution in [3.8, 4) is 5.75 Å². The van der Waals surface area contributed by atoms with Crippen LogP contribution in [0.15, 0.2) is 24.3 Å². The summed E-state index contributed by atoms with van der Waals surface area (Å²) >= 11 is 0. The van der Waals surface area contributed by atoms with Crippen molar-refractivity contribution in [1.29, 1.82) is 0 Å². The van der Waals surface area contributed by atoms with Crippen LogP contribution in [0.25, 0.3) is 0 Å². The molecule has 19 heavy (non-hydrogen) atoms. The van der Waals surface area contributed by atoms with Crippen molar-refractivity contribution >= 4 is 17.6 Å². The Kier molecular flexibility index (Phi) is 5.66. The zero-order valence-electron chi connectivity index (χ0n) is 11.0. The van der Waals surface area contributed by atoms with E-state index in [4.69, 9.17) is 10.5 Å². The first-order valence-electron chi connectivity index (χ1n) is 5.88. The first-order chi connectivity index (χ1) is 9.02. The first-order valence-corrected chi connectivity index (χ1v) is 5.88. The topological polar surface area (TPSA) is 90.6 Å². The van der Waals surface area contributed by atoms with Crippen LogP contribution in [0.3, 0.4) is 0 Å². The van der Waals surface area contributed by atoms with Gasteiger partial charge >= 0.3 is 5.97 Å². The van der Waals surface area contributed by atoms with Gasteiger partial charge in [0.15, 0.2) is 0 Å². The maximum atomic E-state index is 11.5. The standard InChI is InChI=1S/C13H18N2O4/c1-9(13(17)18-2)15-12(16)6-7-19-11-5-3-4-10(14)8-11/h3-5,8-9H,6-7,14H2,1-2H3,(H,15,16). The summed E-state index contributed by atoms with van der Waals surface area (Å²) in [5, 5.41) is 2.51. The number of amides is 1. The van der Waals surface area contributed by atoms with Crippen molar-refractivity contribution in [2.45, 2.75) is 19.4 Å². The van der Waals surface area contributed by atoms with Gasteiger partial charge in [-0.05, 0) is 19.1 Å². The Morgan fingerprint density at radius 2 is 2.16 bits per heavy atom. The minimum Gasteiger partial charge on any atom is -0.493 e. The van der Waals surface area contributed by atoms with E-state index in [1.807, 2.05) is 0 Å². The van der Waals surface area contributed by atoms with E-state index in [0.717, 1.165) is 0 Å². The molecule has 1 rings (SSSR count). The van der Waals surface area contributed by atoms with Gasteiger partial charge in [0.2, 0.25) is 5.91 Å². The van der Waals surface area contributed by atoms with Gasteiger partial charge in [-0.3, -0.25) is 4.79 Å². The highest BCUT2D eigenvalue weighted by Gasteiger charge is 2.15. The SMILES string of the molecule is COC(=O)C(C)NC(=O)CCOc1cccc(N)c1. The van der Waals surface area contributed by atoms with Crippen LogP contribution in [0.1, 0.15) is 13.3 Å². The highest BCUT2D eigenvalue weighted by molar-refractivity contribution is 5.84. The summed E-state index contributed by atoms with van der Waals surface area (Å²) in [4.78, 5) is 22.6. The second kappa shape index (κ2) is 7.25. The molecular weight excluding hydrogens is 248 g/mol. The van der Waals surface area contributed by atoms with Gasteiger partial charge in [-0.15, -0.1) is 0 Å². The molecule has 1 aromatic carbocycles. The van der Waals surface area contributed by atoms with Crippen molar-refractivity contribution in [3.05, 3.63) is 24.3 Å². The number of benzene rings is 1. The summed E-state index contributed by atoms with van der Waals surface area (Å²) in [5.41, 5.74) is 6.19. The Labute approximate surface area is 111 Å². The molecule has 0 saturated heterocycles. The van der Waals surface area contributed by atoms with E-state index in [1.165, 1.54) is 7.11 Å². The van der Waals surface area contributed by atoms with Gasteiger partial charge in [0.05, 0.1) is 20.1 Å². The lowest BCUT2D eigenvalue weighted by Crippen LogP contribution is -2.39. The number of hydrogen-bond acceptors (Lipinski definition) is 5. The van der Waals surface area contributed by atoms with Crippen LogP contribution in [-0.2, 0) is 14.3 Å². The van der Waals surface area contributed by atoms with E-state index in [0.29, 0.717) is 11.4 Å². The normalized spacial score (nSPS) is 11.5. The minimum absolute atomic E-state index is 0.149. The van der Waals surface area contributed by atoms with Gasteiger partial charge < -0.3 is 20.5 Å². The number of carbonyl (C=O) groups excluding carboxylic acids is 2. The number of nitrogen functional groups attached to an aromatic ring is 1. The minimum atomic E-state index is -0.662. The molecule has 1 aromatic rings. The number of ether oxygens (including phenoxy) is 2. The number of carbonyl (C=O) groups is 2. The predicted octanol–water partition coefficient (Wildman–Crippen LogP) is 0.715. The number of methoxy groups -OCH3 is 1. The molecule has 0 bridgehead atoms. The number of nitrogens with two attached hydrogens (primary N) is 1. The average Bonchev–Trinajstić information content (AvgIpc) is 2.37. The highest BCUT2D eigenvalue weighted by Crippen LogP contribution is 2.14. The number of esters is 1. The van der Waals surface area contributed by atoms with Crippen LogP contribution in [0.2, 0.25) is 0 Å². The van der Waals surface area contributed by atoms with Gasteiger partial charge in [-0.1, -0.05) is 6.07 Å². The largest absolute Gasteiger partial charge is 0.493 e. The summed E-state index contributed by atoms with van der Waals surface area (Å²) in [7, 11) is 1.27. The molecule has 0 fully saturated rings. The molecule has 0 aromatic heterocycles. The monoisotopic (exact) mass is 266 g/mol. The number of rotatable bonds is 6. The lowest BCUT2D eigenvalue weighted by atomic mass is 10.3. The fourth-order valence-corrected chi connectivity index (χ4v) is 1.42. The van der Waals surface area contributed by atoms with Crippen molar-refractivity contribution < 1.29 is 19.1 Å². The van der Waals surface area contributed by atoms with Crippen LogP contribution >= 0.6 is 0 Å². The molecule has 0 radical (unpaired) electrons. The average molecular weight is 266 g/mol. The lowest BCUT2D eigenvalue weighted by Gasteiger charge is -2.11. The second-order valence-corrected chi connectivity index (χ2v) is 3.98. The van der Waals surface area contributed by atoms with Gasteiger partial charge in [-0.2, -0.15) is 0 Å². The van der Waals surface area contributed by atoms with Gasteiger partial charge in [0.1, 0.15) is 11.8 Å². The first kappa shape index (κ1) is 14.8. The maximum absolute atomic E-state index is 11.5. The zero-order valence-corrected chi connectivity index (χ0v) is 11.0. The van der Waals surface area contributed by atoms with Gasteiger partial charge in [0, 0.05) is 11.8 Å². The third-order valence-electron chi connectivity index (χ3n) is 2.39. The summed E-state index contributed by atoms with van der Waals surface area (Å²) < 4.78 is 9.87. The summed E-state index contributed by atoms with van der Waals surface area (Å²) in [5.74, 6) is -0.152. The Hall–Kier alpha value is -2.24. The van der Waals surface area contributed by atoms with Gasteiger partial charge in [0.25, 0.3) is 0 Å². The molecule has 6 nitrogen and oxygen atoms in total. The quantitative estimate of drug-likeness (QED) is 0.584. The number of anilines is 1. The summed E-state index contributed by atoms with van der Waals surface area (Å²) in [6.07, 6.45) is 0.149. The third kappa shape index (κ3) is 5.29. The predicted molar refractivity (Wildman–Crippen MR) is 70.6 cm³/mol. The summed E-state index contributed by atoms with van der Waals surface area (Å²) in [6.45, 7) is 1.77. The molecule has 0 aliphatic carbocycles. The van der Waals surface area contributed by atoms with Crippen LogP contribution in [0.4, 0.5) is 5.69 Å². The molecule has 6 heteroatoms. The van der Waals surface area contributed by atoms with Crippen LogP contribution < -0.4 is 15.8 Å². The summed E-state index contributed by atoms with van der Waals surface area (Å²) in [6, 6.07) is 6.28. The van der Waals surface area contributed by atoms with Crippen molar-refractivity contribution in [3.63, 3.8) is 0 Å². The fraction of sp³-hybridized carbons (Fsp3) is 0.385. The Morgan fingerprint density at radius 1 is 1.42 bits per heavy atom. The molecule has 1 unspecified atom stereocenters. The maximum Gasteiger partial charge on any atom is 0.328 e. The number of nitrogens with one attached hydrogen (secondary N) is 1. The molecule has 104 valence electrons. The molecule has 1 atom stereocenters. The fourth-order valence-electron chi connectivity index (χ4n) is 1.42.